The quantitative estimate of drug-likeness (QED) is 0.526. The summed E-state index contributed by atoms with van der Waals surface area (Å²) in [5.41, 5.74) is 0. The number of hydrogen-bond donors (Lipinski definition) is 0. The molecule has 3 rings (SSSR count). The lowest BCUT2D eigenvalue weighted by atomic mass is 10.2. The Labute approximate surface area is 128 Å². The topological polar surface area (TPSA) is 65.3 Å². The van der Waals surface area contributed by atoms with Gasteiger partial charge in [0.1, 0.15) is 12.8 Å². The van der Waals surface area contributed by atoms with Crippen LogP contribution in [-0.2, 0) is 6.61 Å². The SMILES string of the molecule is O=[N+]([O-])c1ncccc1OCc1sc2ccccc2c1Cl. The van der Waals surface area contributed by atoms with Gasteiger partial charge in [-0.2, -0.15) is 0 Å². The molecule has 0 unspecified atom stereocenters. The highest BCUT2D eigenvalue weighted by atomic mass is 35.5. The van der Waals surface area contributed by atoms with Crippen LogP contribution in [0.25, 0.3) is 10.1 Å². The lowest BCUT2D eigenvalue weighted by Gasteiger charge is -2.04. The molecule has 0 aliphatic heterocycles. The molecule has 0 amide bonds. The highest BCUT2D eigenvalue weighted by Crippen LogP contribution is 2.36. The third kappa shape index (κ3) is 2.68. The van der Waals surface area contributed by atoms with Crippen LogP contribution in [0.5, 0.6) is 5.75 Å². The zero-order chi connectivity index (χ0) is 14.8. The Morgan fingerprint density at radius 1 is 1.29 bits per heavy atom. The lowest BCUT2D eigenvalue weighted by molar-refractivity contribution is -0.390. The molecule has 0 aliphatic rings. The molecule has 0 fully saturated rings. The minimum Gasteiger partial charge on any atom is -0.480 e. The monoisotopic (exact) mass is 320 g/mol. The summed E-state index contributed by atoms with van der Waals surface area (Å²) >= 11 is 7.82. The Morgan fingerprint density at radius 2 is 2.10 bits per heavy atom. The maximum atomic E-state index is 10.9. The van der Waals surface area contributed by atoms with Gasteiger partial charge in [0, 0.05) is 10.1 Å². The van der Waals surface area contributed by atoms with Crippen molar-refractivity contribution in [2.75, 3.05) is 0 Å². The van der Waals surface area contributed by atoms with Gasteiger partial charge in [-0.05, 0) is 28.1 Å². The van der Waals surface area contributed by atoms with E-state index in [-0.39, 0.29) is 18.2 Å². The fourth-order valence-corrected chi connectivity index (χ4v) is 3.33. The number of nitrogens with zero attached hydrogens (tertiary/aromatic N) is 2. The van der Waals surface area contributed by atoms with E-state index in [0.29, 0.717) is 5.02 Å². The molecule has 0 N–H and O–H groups in total. The van der Waals surface area contributed by atoms with E-state index in [0.717, 1.165) is 15.0 Å². The number of halogens is 1. The molecule has 5 nitrogen and oxygen atoms in total. The fraction of sp³-hybridized carbons (Fsp3) is 0.0714. The maximum Gasteiger partial charge on any atom is 0.406 e. The smallest absolute Gasteiger partial charge is 0.406 e. The number of fused-ring (bicyclic) bond motifs is 1. The number of ether oxygens (including phenoxy) is 1. The molecule has 0 bridgehead atoms. The molecule has 106 valence electrons. The van der Waals surface area contributed by atoms with Gasteiger partial charge in [-0.3, -0.25) is 0 Å². The zero-order valence-electron chi connectivity index (χ0n) is 10.7. The van der Waals surface area contributed by atoms with Crippen LogP contribution in [0.3, 0.4) is 0 Å². The van der Waals surface area contributed by atoms with Crippen molar-refractivity contribution >= 4 is 38.8 Å². The van der Waals surface area contributed by atoms with Crippen molar-refractivity contribution in [2.45, 2.75) is 6.61 Å². The van der Waals surface area contributed by atoms with E-state index in [9.17, 15) is 10.1 Å². The molecule has 0 radical (unpaired) electrons. The number of aromatic nitrogens is 1. The Bertz CT molecular complexity index is 819. The maximum absolute atomic E-state index is 10.9. The minimum absolute atomic E-state index is 0.135. The molecule has 21 heavy (non-hydrogen) atoms. The summed E-state index contributed by atoms with van der Waals surface area (Å²) in [5.74, 6) is -0.161. The average Bonchev–Trinajstić information content (AvgIpc) is 2.82. The second-order valence-corrected chi connectivity index (χ2v) is 5.72. The van der Waals surface area contributed by atoms with E-state index >= 15 is 0 Å². The van der Waals surface area contributed by atoms with Gasteiger partial charge in [0.15, 0.2) is 0 Å². The molecule has 0 spiro atoms. The molecule has 7 heteroatoms. The summed E-state index contributed by atoms with van der Waals surface area (Å²) in [6, 6.07) is 10.9. The van der Waals surface area contributed by atoms with Crippen molar-refractivity contribution in [2.24, 2.45) is 0 Å². The van der Waals surface area contributed by atoms with Crippen LogP contribution in [0.2, 0.25) is 5.02 Å². The molecular formula is C14H9ClN2O3S. The van der Waals surface area contributed by atoms with Crippen LogP contribution in [0.4, 0.5) is 5.82 Å². The largest absolute Gasteiger partial charge is 0.480 e. The third-order valence-corrected chi connectivity index (χ3v) is 4.57. The second-order valence-electron chi connectivity index (χ2n) is 4.21. The Hall–Kier alpha value is -2.18. The first kappa shape index (κ1) is 13.8. The van der Waals surface area contributed by atoms with Gasteiger partial charge in [0.05, 0.1) is 9.90 Å². The lowest BCUT2D eigenvalue weighted by Crippen LogP contribution is -1.99. The Kier molecular flexibility index (Phi) is 3.72. The predicted octanol–water partition coefficient (Wildman–Crippen LogP) is 4.44. The number of hydrogen-bond acceptors (Lipinski definition) is 5. The molecule has 2 aromatic heterocycles. The van der Waals surface area contributed by atoms with Crippen molar-refractivity contribution in [3.8, 4) is 5.75 Å². The van der Waals surface area contributed by atoms with Gasteiger partial charge in [-0.25, -0.2) is 0 Å². The van der Waals surface area contributed by atoms with Crippen LogP contribution < -0.4 is 4.74 Å². The first-order valence-corrected chi connectivity index (χ1v) is 7.24. The first-order chi connectivity index (χ1) is 10.2. The Morgan fingerprint density at radius 3 is 2.86 bits per heavy atom. The highest BCUT2D eigenvalue weighted by molar-refractivity contribution is 7.19. The van der Waals surface area contributed by atoms with Crippen molar-refractivity contribution < 1.29 is 9.66 Å². The summed E-state index contributed by atoms with van der Waals surface area (Å²) in [7, 11) is 0. The summed E-state index contributed by atoms with van der Waals surface area (Å²) < 4.78 is 6.57. The van der Waals surface area contributed by atoms with Gasteiger partial charge in [-0.15, -0.1) is 11.3 Å². The van der Waals surface area contributed by atoms with Crippen LogP contribution in [0.1, 0.15) is 4.88 Å². The van der Waals surface area contributed by atoms with Crippen LogP contribution >= 0.6 is 22.9 Å². The Balaban J connectivity index is 1.87. The molecule has 2 heterocycles. The molecule has 0 atom stereocenters. The van der Waals surface area contributed by atoms with E-state index in [1.165, 1.54) is 23.6 Å². The standard InChI is InChI=1S/C14H9ClN2O3S/c15-13-9-4-1-2-6-11(9)21-12(13)8-20-10-5-3-7-16-14(10)17(18)19/h1-7H,8H2. The predicted molar refractivity (Wildman–Crippen MR) is 82.1 cm³/mol. The normalized spacial score (nSPS) is 10.7. The first-order valence-electron chi connectivity index (χ1n) is 6.05. The minimum atomic E-state index is -0.568. The fourth-order valence-electron chi connectivity index (χ4n) is 1.93. The van der Waals surface area contributed by atoms with Crippen LogP contribution in [0.15, 0.2) is 42.6 Å². The molecular weight excluding hydrogens is 312 g/mol. The second kappa shape index (κ2) is 5.67. The van der Waals surface area contributed by atoms with Crippen LogP contribution in [-0.4, -0.2) is 9.91 Å². The van der Waals surface area contributed by atoms with E-state index in [1.54, 1.807) is 6.07 Å². The zero-order valence-corrected chi connectivity index (χ0v) is 12.2. The molecule has 0 saturated heterocycles. The van der Waals surface area contributed by atoms with E-state index in [4.69, 9.17) is 16.3 Å². The number of benzene rings is 1. The van der Waals surface area contributed by atoms with Gasteiger partial charge >= 0.3 is 5.82 Å². The number of rotatable bonds is 4. The van der Waals surface area contributed by atoms with E-state index < -0.39 is 4.92 Å². The van der Waals surface area contributed by atoms with Crippen molar-refractivity contribution in [1.82, 2.24) is 4.98 Å². The van der Waals surface area contributed by atoms with Crippen molar-refractivity contribution in [3.05, 3.63) is 62.6 Å². The molecule has 1 aromatic carbocycles. The summed E-state index contributed by atoms with van der Waals surface area (Å²) in [5, 5.41) is 12.5. The molecule has 0 saturated carbocycles. The van der Waals surface area contributed by atoms with Crippen molar-refractivity contribution in [3.63, 3.8) is 0 Å². The van der Waals surface area contributed by atoms with Crippen LogP contribution in [0, 0.1) is 10.1 Å². The summed E-state index contributed by atoms with van der Waals surface area (Å²) in [4.78, 5) is 14.8. The van der Waals surface area contributed by atoms with Gasteiger partial charge in [0.2, 0.25) is 5.75 Å². The highest BCUT2D eigenvalue weighted by Gasteiger charge is 2.17. The number of thiophene rings is 1. The van der Waals surface area contributed by atoms with E-state index in [2.05, 4.69) is 4.98 Å². The number of nitro groups is 1. The molecule has 0 aliphatic carbocycles. The van der Waals surface area contributed by atoms with Gasteiger partial charge in [0.25, 0.3) is 0 Å². The third-order valence-electron chi connectivity index (χ3n) is 2.88. The number of pyridine rings is 1. The average molecular weight is 321 g/mol. The van der Waals surface area contributed by atoms with Gasteiger partial charge in [-0.1, -0.05) is 29.8 Å². The summed E-state index contributed by atoms with van der Waals surface area (Å²) in [6.07, 6.45) is 1.36. The van der Waals surface area contributed by atoms with E-state index in [1.807, 2.05) is 24.3 Å². The van der Waals surface area contributed by atoms with Crippen molar-refractivity contribution in [1.29, 1.82) is 0 Å². The van der Waals surface area contributed by atoms with Gasteiger partial charge < -0.3 is 14.9 Å². The summed E-state index contributed by atoms with van der Waals surface area (Å²) in [6.45, 7) is 0.171. The molecule has 3 aromatic rings.